The first-order valence-electron chi connectivity index (χ1n) is 5.61. The molecule has 1 N–H and O–H groups in total. The molecule has 0 spiro atoms. The number of aromatic nitrogens is 3. The summed E-state index contributed by atoms with van der Waals surface area (Å²) in [6, 6.07) is 1.90. The normalized spacial score (nSPS) is 11.0. The maximum Gasteiger partial charge on any atom is 0.433 e. The molecule has 21 heavy (non-hydrogen) atoms. The van der Waals surface area contributed by atoms with Crippen LogP contribution in [-0.2, 0) is 6.18 Å². The van der Waals surface area contributed by atoms with Crippen LogP contribution in [0, 0.1) is 0 Å². The molecule has 0 unspecified atom stereocenters. The Morgan fingerprint density at radius 1 is 1.14 bits per heavy atom. The van der Waals surface area contributed by atoms with Gasteiger partial charge in [0.1, 0.15) is 5.69 Å². The maximum atomic E-state index is 12.3. The van der Waals surface area contributed by atoms with Gasteiger partial charge in [-0.25, -0.2) is 9.97 Å². The zero-order valence-corrected chi connectivity index (χ0v) is 10.7. The SMILES string of the molecule is COc1ncc(NC(=O)c2ccc(C(F)(F)F)nc2)cn1. The molecule has 110 valence electrons. The summed E-state index contributed by atoms with van der Waals surface area (Å²) in [5, 5.41) is 2.43. The molecule has 0 aliphatic rings. The van der Waals surface area contributed by atoms with Crippen molar-refractivity contribution in [2.24, 2.45) is 0 Å². The fourth-order valence-corrected chi connectivity index (χ4v) is 1.39. The summed E-state index contributed by atoms with van der Waals surface area (Å²) < 4.78 is 41.8. The lowest BCUT2D eigenvalue weighted by Gasteiger charge is -2.07. The van der Waals surface area contributed by atoms with Gasteiger partial charge in [0.05, 0.1) is 30.8 Å². The Balaban J connectivity index is 2.09. The van der Waals surface area contributed by atoms with E-state index in [1.165, 1.54) is 19.5 Å². The number of carbonyl (C=O) groups excluding carboxylic acids is 1. The molecule has 2 aromatic heterocycles. The molecule has 0 radical (unpaired) electrons. The number of hydrogen-bond donors (Lipinski definition) is 1. The first-order chi connectivity index (χ1) is 9.90. The molecule has 0 saturated carbocycles. The molecular formula is C12H9F3N4O2. The van der Waals surface area contributed by atoms with Gasteiger partial charge >= 0.3 is 12.2 Å². The number of nitrogens with one attached hydrogen (secondary N) is 1. The van der Waals surface area contributed by atoms with E-state index in [1.54, 1.807) is 0 Å². The topological polar surface area (TPSA) is 77.0 Å². The summed E-state index contributed by atoms with van der Waals surface area (Å²) in [7, 11) is 1.39. The van der Waals surface area contributed by atoms with Gasteiger partial charge in [-0.1, -0.05) is 0 Å². The van der Waals surface area contributed by atoms with Gasteiger partial charge in [-0.3, -0.25) is 9.78 Å². The number of alkyl halides is 3. The molecule has 2 rings (SSSR count). The quantitative estimate of drug-likeness (QED) is 0.939. The van der Waals surface area contributed by atoms with Crippen LogP contribution in [0.15, 0.2) is 30.7 Å². The zero-order valence-electron chi connectivity index (χ0n) is 10.7. The van der Waals surface area contributed by atoms with Gasteiger partial charge in [0.2, 0.25) is 0 Å². The van der Waals surface area contributed by atoms with Gasteiger partial charge in [-0.2, -0.15) is 13.2 Å². The fraction of sp³-hybridized carbons (Fsp3) is 0.167. The summed E-state index contributed by atoms with van der Waals surface area (Å²) in [6.07, 6.45) is -1.08. The molecule has 0 aliphatic heterocycles. The van der Waals surface area contributed by atoms with Gasteiger partial charge in [-0.05, 0) is 12.1 Å². The number of hydrogen-bond acceptors (Lipinski definition) is 5. The van der Waals surface area contributed by atoms with Crippen LogP contribution >= 0.6 is 0 Å². The van der Waals surface area contributed by atoms with E-state index in [2.05, 4.69) is 20.3 Å². The van der Waals surface area contributed by atoms with E-state index in [0.29, 0.717) is 0 Å². The van der Waals surface area contributed by atoms with Gasteiger partial charge in [0.25, 0.3) is 5.91 Å². The third kappa shape index (κ3) is 3.65. The lowest BCUT2D eigenvalue weighted by atomic mass is 10.2. The Morgan fingerprint density at radius 3 is 2.29 bits per heavy atom. The van der Waals surface area contributed by atoms with Gasteiger partial charge < -0.3 is 10.1 Å². The van der Waals surface area contributed by atoms with Crippen LogP contribution in [0.5, 0.6) is 6.01 Å². The number of pyridine rings is 1. The second kappa shape index (κ2) is 5.73. The molecular weight excluding hydrogens is 289 g/mol. The molecule has 0 bridgehead atoms. The highest BCUT2D eigenvalue weighted by molar-refractivity contribution is 6.03. The summed E-state index contributed by atoms with van der Waals surface area (Å²) in [6.45, 7) is 0. The largest absolute Gasteiger partial charge is 0.467 e. The lowest BCUT2D eigenvalue weighted by molar-refractivity contribution is -0.141. The number of nitrogens with zero attached hydrogens (tertiary/aromatic N) is 3. The Bertz CT molecular complexity index is 626. The second-order valence-corrected chi connectivity index (χ2v) is 3.84. The molecule has 0 aliphatic carbocycles. The van der Waals surface area contributed by atoms with Crippen molar-refractivity contribution < 1.29 is 22.7 Å². The number of amides is 1. The highest BCUT2D eigenvalue weighted by Crippen LogP contribution is 2.27. The van der Waals surface area contributed by atoms with Crippen molar-refractivity contribution in [1.82, 2.24) is 15.0 Å². The van der Waals surface area contributed by atoms with Crippen molar-refractivity contribution in [2.45, 2.75) is 6.18 Å². The van der Waals surface area contributed by atoms with Crippen LogP contribution in [0.2, 0.25) is 0 Å². The van der Waals surface area contributed by atoms with E-state index in [0.717, 1.165) is 18.3 Å². The minimum absolute atomic E-state index is 0.0150. The number of ether oxygens (including phenoxy) is 1. The number of halogens is 3. The Labute approximate surface area is 117 Å². The van der Waals surface area contributed by atoms with Crippen molar-refractivity contribution in [1.29, 1.82) is 0 Å². The van der Waals surface area contributed by atoms with E-state index in [9.17, 15) is 18.0 Å². The number of methoxy groups -OCH3 is 1. The summed E-state index contributed by atoms with van der Waals surface area (Å²) in [5.41, 5.74) is -0.800. The van der Waals surface area contributed by atoms with Crippen molar-refractivity contribution in [3.63, 3.8) is 0 Å². The fourth-order valence-electron chi connectivity index (χ4n) is 1.39. The average Bonchev–Trinajstić information content (AvgIpc) is 2.47. The van der Waals surface area contributed by atoms with Crippen LogP contribution in [0.1, 0.15) is 16.1 Å². The molecule has 0 fully saturated rings. The minimum Gasteiger partial charge on any atom is -0.467 e. The molecule has 9 heteroatoms. The van der Waals surface area contributed by atoms with E-state index < -0.39 is 17.8 Å². The minimum atomic E-state index is -4.54. The van der Waals surface area contributed by atoms with Crippen LogP contribution in [0.25, 0.3) is 0 Å². The van der Waals surface area contributed by atoms with Crippen LogP contribution in [0.4, 0.5) is 18.9 Å². The highest BCUT2D eigenvalue weighted by Gasteiger charge is 2.32. The van der Waals surface area contributed by atoms with Gasteiger partial charge in [0, 0.05) is 6.20 Å². The van der Waals surface area contributed by atoms with Gasteiger partial charge in [0.15, 0.2) is 0 Å². The molecule has 0 atom stereocenters. The van der Waals surface area contributed by atoms with E-state index in [-0.39, 0.29) is 17.3 Å². The first kappa shape index (κ1) is 14.7. The number of rotatable bonds is 3. The van der Waals surface area contributed by atoms with Crippen LogP contribution in [0.3, 0.4) is 0 Å². The Kier molecular flexibility index (Phi) is 4.01. The summed E-state index contributed by atoms with van der Waals surface area (Å²) >= 11 is 0. The summed E-state index contributed by atoms with van der Waals surface area (Å²) in [5.74, 6) is -0.620. The monoisotopic (exact) mass is 298 g/mol. The Hall–Kier alpha value is -2.71. The predicted octanol–water partition coefficient (Wildman–Crippen LogP) is 2.15. The molecule has 6 nitrogen and oxygen atoms in total. The predicted molar refractivity (Wildman–Crippen MR) is 65.8 cm³/mol. The highest BCUT2D eigenvalue weighted by atomic mass is 19.4. The third-order valence-corrected chi connectivity index (χ3v) is 2.38. The maximum absolute atomic E-state index is 12.3. The third-order valence-electron chi connectivity index (χ3n) is 2.38. The van der Waals surface area contributed by atoms with Crippen LogP contribution < -0.4 is 10.1 Å². The molecule has 0 saturated heterocycles. The number of carbonyl (C=O) groups is 1. The van der Waals surface area contributed by atoms with Crippen LogP contribution in [-0.4, -0.2) is 28.0 Å². The molecule has 1 amide bonds. The smallest absolute Gasteiger partial charge is 0.433 e. The number of anilines is 1. The van der Waals surface area contributed by atoms with Crippen molar-refractivity contribution in [2.75, 3.05) is 12.4 Å². The standard InChI is InChI=1S/C12H9F3N4O2/c1-21-11-17-5-8(6-18-11)19-10(20)7-2-3-9(16-4-7)12(13,14)15/h2-6H,1H3,(H,19,20). The zero-order chi connectivity index (χ0) is 15.5. The first-order valence-corrected chi connectivity index (χ1v) is 5.61. The lowest BCUT2D eigenvalue weighted by Crippen LogP contribution is -2.14. The Morgan fingerprint density at radius 2 is 1.81 bits per heavy atom. The molecule has 2 heterocycles. The van der Waals surface area contributed by atoms with Gasteiger partial charge in [-0.15, -0.1) is 0 Å². The van der Waals surface area contributed by atoms with E-state index in [1.807, 2.05) is 0 Å². The van der Waals surface area contributed by atoms with E-state index >= 15 is 0 Å². The molecule has 2 aromatic rings. The van der Waals surface area contributed by atoms with Crippen molar-refractivity contribution in [3.05, 3.63) is 42.0 Å². The molecule has 0 aromatic carbocycles. The van der Waals surface area contributed by atoms with Crippen molar-refractivity contribution in [3.8, 4) is 6.01 Å². The van der Waals surface area contributed by atoms with E-state index in [4.69, 9.17) is 4.74 Å². The second-order valence-electron chi connectivity index (χ2n) is 3.84. The summed E-state index contributed by atoms with van der Waals surface area (Å²) in [4.78, 5) is 22.6. The van der Waals surface area contributed by atoms with Crippen molar-refractivity contribution >= 4 is 11.6 Å². The average molecular weight is 298 g/mol.